The van der Waals surface area contributed by atoms with Gasteiger partial charge in [-0.1, -0.05) is 23.9 Å². The minimum atomic E-state index is -0.536. The molecule has 0 bridgehead atoms. The lowest BCUT2D eigenvalue weighted by Gasteiger charge is -2.20. The summed E-state index contributed by atoms with van der Waals surface area (Å²) in [5, 5.41) is 16.2. The van der Waals surface area contributed by atoms with Crippen molar-refractivity contribution in [2.75, 3.05) is 13.1 Å². The highest BCUT2D eigenvalue weighted by Gasteiger charge is 2.23. The molecule has 1 N–H and O–H groups in total. The SMILES string of the molecule is CCN(CC(=O)NCc1ccc(F)cc1)C(=O)c1ccc(Sc2nc(C)cs2)c([N+](=O)[O-])c1. The Morgan fingerprint density at radius 2 is 1.97 bits per heavy atom. The van der Waals surface area contributed by atoms with Crippen molar-refractivity contribution in [1.82, 2.24) is 15.2 Å². The smallest absolute Gasteiger partial charge is 0.284 e. The molecule has 1 heterocycles. The Kier molecular flexibility index (Phi) is 8.12. The van der Waals surface area contributed by atoms with Crippen LogP contribution in [0.3, 0.4) is 0 Å². The van der Waals surface area contributed by atoms with E-state index in [0.29, 0.717) is 9.24 Å². The van der Waals surface area contributed by atoms with Gasteiger partial charge in [0.2, 0.25) is 5.91 Å². The predicted octanol–water partition coefficient (Wildman–Crippen LogP) is 4.43. The van der Waals surface area contributed by atoms with Gasteiger partial charge in [0.25, 0.3) is 11.6 Å². The molecule has 33 heavy (non-hydrogen) atoms. The zero-order valence-electron chi connectivity index (χ0n) is 17.9. The second-order valence-corrected chi connectivity index (χ2v) is 9.17. The number of nitro groups is 1. The molecule has 0 aliphatic rings. The molecule has 2 amide bonds. The third-order valence-electron chi connectivity index (χ3n) is 4.60. The molecular weight excluding hydrogens is 467 g/mol. The third-order valence-corrected chi connectivity index (χ3v) is 6.73. The van der Waals surface area contributed by atoms with Gasteiger partial charge in [-0.05, 0) is 43.7 Å². The molecule has 0 aliphatic carbocycles. The highest BCUT2D eigenvalue weighted by atomic mass is 32.2. The van der Waals surface area contributed by atoms with Crippen LogP contribution >= 0.6 is 23.1 Å². The molecule has 0 aliphatic heterocycles. The van der Waals surface area contributed by atoms with E-state index in [1.807, 2.05) is 12.3 Å². The fourth-order valence-corrected chi connectivity index (χ4v) is 4.77. The number of hydrogen-bond acceptors (Lipinski definition) is 7. The number of amides is 2. The second-order valence-electron chi connectivity index (χ2n) is 7.02. The number of aryl methyl sites for hydroxylation is 1. The number of nitrogens with zero attached hydrogens (tertiary/aromatic N) is 3. The summed E-state index contributed by atoms with van der Waals surface area (Å²) in [7, 11) is 0. The number of nitrogens with one attached hydrogen (secondary N) is 1. The van der Waals surface area contributed by atoms with Gasteiger partial charge >= 0.3 is 0 Å². The lowest BCUT2D eigenvalue weighted by molar-refractivity contribution is -0.387. The molecule has 3 aromatic rings. The van der Waals surface area contributed by atoms with E-state index in [1.54, 1.807) is 19.1 Å². The Balaban J connectivity index is 1.69. The number of carbonyl (C=O) groups is 2. The van der Waals surface area contributed by atoms with Crippen molar-refractivity contribution in [2.24, 2.45) is 0 Å². The number of thiazole rings is 1. The van der Waals surface area contributed by atoms with Crippen molar-refractivity contribution in [2.45, 2.75) is 29.6 Å². The molecule has 0 unspecified atom stereocenters. The zero-order valence-corrected chi connectivity index (χ0v) is 19.5. The van der Waals surface area contributed by atoms with E-state index in [0.717, 1.165) is 11.3 Å². The minimum Gasteiger partial charge on any atom is -0.350 e. The topological polar surface area (TPSA) is 105 Å². The molecular formula is C22H21FN4O4S2. The first-order valence-corrected chi connectivity index (χ1v) is 11.6. The summed E-state index contributed by atoms with van der Waals surface area (Å²) >= 11 is 2.55. The van der Waals surface area contributed by atoms with Crippen LogP contribution in [0.1, 0.15) is 28.5 Å². The van der Waals surface area contributed by atoms with Crippen LogP contribution in [0.25, 0.3) is 0 Å². The maximum Gasteiger partial charge on any atom is 0.284 e. The number of nitro benzene ring substituents is 1. The number of carbonyl (C=O) groups excluding carboxylic acids is 2. The number of halogens is 1. The standard InChI is InChI=1S/C22H21FN4O4S2/c1-3-26(12-20(28)24-11-15-4-7-17(23)8-5-15)21(29)16-6-9-19(18(10-16)27(30)31)33-22-25-14(2)13-32-22/h4-10,13H,3,11-12H2,1-2H3,(H,24,28). The summed E-state index contributed by atoms with van der Waals surface area (Å²) in [5.41, 5.74) is 1.47. The molecule has 0 spiro atoms. The van der Waals surface area contributed by atoms with E-state index < -0.39 is 16.7 Å². The van der Waals surface area contributed by atoms with Crippen LogP contribution < -0.4 is 5.32 Å². The summed E-state index contributed by atoms with van der Waals surface area (Å²) in [6.07, 6.45) is 0. The van der Waals surface area contributed by atoms with E-state index in [9.17, 15) is 24.1 Å². The van der Waals surface area contributed by atoms with Crippen molar-refractivity contribution in [3.8, 4) is 0 Å². The normalized spacial score (nSPS) is 10.6. The molecule has 11 heteroatoms. The lowest BCUT2D eigenvalue weighted by atomic mass is 10.1. The van der Waals surface area contributed by atoms with E-state index >= 15 is 0 Å². The van der Waals surface area contributed by atoms with Crippen molar-refractivity contribution in [3.05, 3.63) is 80.6 Å². The highest BCUT2D eigenvalue weighted by Crippen LogP contribution is 2.37. The first-order valence-electron chi connectivity index (χ1n) is 9.95. The molecule has 0 saturated carbocycles. The van der Waals surface area contributed by atoms with Crippen LogP contribution in [0.2, 0.25) is 0 Å². The van der Waals surface area contributed by atoms with E-state index in [1.165, 1.54) is 58.3 Å². The van der Waals surface area contributed by atoms with Gasteiger partial charge in [-0.2, -0.15) is 0 Å². The number of aromatic nitrogens is 1. The Morgan fingerprint density at radius 1 is 1.24 bits per heavy atom. The quantitative estimate of drug-likeness (QED) is 0.353. The zero-order chi connectivity index (χ0) is 24.0. The van der Waals surface area contributed by atoms with Crippen molar-refractivity contribution < 1.29 is 18.9 Å². The largest absolute Gasteiger partial charge is 0.350 e. The highest BCUT2D eigenvalue weighted by molar-refractivity contribution is 8.01. The number of likely N-dealkylation sites (N-methyl/N-ethyl adjacent to an activating group) is 1. The summed E-state index contributed by atoms with van der Waals surface area (Å²) in [6, 6.07) is 9.98. The van der Waals surface area contributed by atoms with Gasteiger partial charge in [0, 0.05) is 35.8 Å². The van der Waals surface area contributed by atoms with E-state index in [-0.39, 0.29) is 36.7 Å². The van der Waals surface area contributed by atoms with Crippen LogP contribution in [0, 0.1) is 22.9 Å². The number of rotatable bonds is 9. The first kappa shape index (κ1) is 24.3. The van der Waals surface area contributed by atoms with Gasteiger partial charge in [-0.15, -0.1) is 11.3 Å². The van der Waals surface area contributed by atoms with Crippen molar-refractivity contribution in [1.29, 1.82) is 0 Å². The molecule has 0 radical (unpaired) electrons. The fourth-order valence-electron chi connectivity index (χ4n) is 2.89. The van der Waals surface area contributed by atoms with Crippen molar-refractivity contribution in [3.63, 3.8) is 0 Å². The first-order chi connectivity index (χ1) is 15.8. The molecule has 3 rings (SSSR count). The van der Waals surface area contributed by atoms with Gasteiger partial charge in [0.1, 0.15) is 5.82 Å². The molecule has 8 nitrogen and oxygen atoms in total. The Hall–Kier alpha value is -3.31. The fraction of sp³-hybridized carbons (Fsp3) is 0.227. The van der Waals surface area contributed by atoms with Gasteiger partial charge in [-0.3, -0.25) is 19.7 Å². The monoisotopic (exact) mass is 488 g/mol. The summed E-state index contributed by atoms with van der Waals surface area (Å²) in [5.74, 6) is -1.25. The molecule has 1 aromatic heterocycles. The summed E-state index contributed by atoms with van der Waals surface area (Å²) in [4.78, 5) is 42.3. The van der Waals surface area contributed by atoms with Crippen LogP contribution in [-0.4, -0.2) is 39.7 Å². The van der Waals surface area contributed by atoms with Gasteiger partial charge in [0.15, 0.2) is 4.34 Å². The minimum absolute atomic E-state index is 0.120. The number of benzene rings is 2. The Labute approximate surface area is 198 Å². The van der Waals surface area contributed by atoms with Crippen molar-refractivity contribution >= 4 is 40.6 Å². The molecule has 0 atom stereocenters. The Bertz CT molecular complexity index is 1170. The van der Waals surface area contributed by atoms with Crippen LogP contribution in [0.4, 0.5) is 10.1 Å². The summed E-state index contributed by atoms with van der Waals surface area (Å²) < 4.78 is 13.7. The second kappa shape index (κ2) is 11.0. The third kappa shape index (κ3) is 6.59. The maximum atomic E-state index is 13.0. The number of hydrogen-bond donors (Lipinski definition) is 1. The van der Waals surface area contributed by atoms with Gasteiger partial charge in [0.05, 0.1) is 16.4 Å². The van der Waals surface area contributed by atoms with Gasteiger partial charge in [-0.25, -0.2) is 9.37 Å². The van der Waals surface area contributed by atoms with E-state index in [4.69, 9.17) is 0 Å². The summed E-state index contributed by atoms with van der Waals surface area (Å²) in [6.45, 7) is 3.78. The average molecular weight is 489 g/mol. The molecule has 0 fully saturated rings. The molecule has 0 saturated heterocycles. The maximum absolute atomic E-state index is 13.0. The predicted molar refractivity (Wildman–Crippen MR) is 124 cm³/mol. The van der Waals surface area contributed by atoms with Crippen LogP contribution in [0.5, 0.6) is 0 Å². The Morgan fingerprint density at radius 3 is 2.58 bits per heavy atom. The van der Waals surface area contributed by atoms with E-state index in [2.05, 4.69) is 10.3 Å². The van der Waals surface area contributed by atoms with Crippen LogP contribution in [0.15, 0.2) is 57.1 Å². The average Bonchev–Trinajstić information content (AvgIpc) is 3.21. The van der Waals surface area contributed by atoms with Crippen LogP contribution in [-0.2, 0) is 11.3 Å². The molecule has 172 valence electrons. The van der Waals surface area contributed by atoms with Gasteiger partial charge < -0.3 is 10.2 Å². The lowest BCUT2D eigenvalue weighted by Crippen LogP contribution is -2.40. The molecule has 2 aromatic carbocycles.